The van der Waals surface area contributed by atoms with Gasteiger partial charge in [-0.05, 0) is 30.8 Å². The molecule has 3 heterocycles. The summed E-state index contributed by atoms with van der Waals surface area (Å²) in [5.41, 5.74) is 0.777. The Morgan fingerprint density at radius 2 is 2.10 bits per heavy atom. The lowest BCUT2D eigenvalue weighted by Crippen LogP contribution is -2.26. The van der Waals surface area contributed by atoms with E-state index in [-0.39, 0.29) is 6.04 Å². The molecule has 1 aliphatic rings. The Bertz CT molecular complexity index is 756. The number of aromatic nitrogens is 3. The standard InChI is InChI=1S/C16H16N4O/c1-2-6-12-11(5-1)8-10-18-14(12)15-19-16(21-20-15)13-7-3-4-9-17-13/h1-2,5-6,8,10,13,17H,3-4,7,9H2/t13-/m1/s1. The second-order valence-electron chi connectivity index (χ2n) is 5.34. The molecule has 0 radical (unpaired) electrons. The van der Waals surface area contributed by atoms with Crippen molar-refractivity contribution in [2.45, 2.75) is 25.3 Å². The highest BCUT2D eigenvalue weighted by Crippen LogP contribution is 2.27. The topological polar surface area (TPSA) is 63.8 Å². The van der Waals surface area contributed by atoms with E-state index in [0.29, 0.717) is 11.7 Å². The van der Waals surface area contributed by atoms with Crippen molar-refractivity contribution in [3.8, 4) is 11.5 Å². The van der Waals surface area contributed by atoms with Gasteiger partial charge in [-0.3, -0.25) is 4.98 Å². The minimum Gasteiger partial charge on any atom is -0.337 e. The number of nitrogens with zero attached hydrogens (tertiary/aromatic N) is 3. The summed E-state index contributed by atoms with van der Waals surface area (Å²) < 4.78 is 5.44. The first-order valence-corrected chi connectivity index (χ1v) is 7.33. The van der Waals surface area contributed by atoms with E-state index in [1.165, 1.54) is 12.8 Å². The second-order valence-corrected chi connectivity index (χ2v) is 5.34. The molecule has 1 fully saturated rings. The molecule has 0 bridgehead atoms. The van der Waals surface area contributed by atoms with Crippen LogP contribution in [0.25, 0.3) is 22.3 Å². The van der Waals surface area contributed by atoms with Crippen molar-refractivity contribution in [1.29, 1.82) is 0 Å². The highest BCUT2D eigenvalue weighted by Gasteiger charge is 2.22. The van der Waals surface area contributed by atoms with Gasteiger partial charge in [0.25, 0.3) is 0 Å². The molecule has 5 nitrogen and oxygen atoms in total. The van der Waals surface area contributed by atoms with Gasteiger partial charge in [-0.1, -0.05) is 35.8 Å². The summed E-state index contributed by atoms with van der Waals surface area (Å²) in [6, 6.07) is 10.3. The molecule has 0 saturated carbocycles. The van der Waals surface area contributed by atoms with Crippen molar-refractivity contribution in [3.63, 3.8) is 0 Å². The predicted octanol–water partition coefficient (Wildman–Crippen LogP) is 3.10. The molecular weight excluding hydrogens is 264 g/mol. The van der Waals surface area contributed by atoms with Gasteiger partial charge in [-0.2, -0.15) is 4.98 Å². The maximum atomic E-state index is 5.44. The van der Waals surface area contributed by atoms with Crippen LogP contribution in [-0.4, -0.2) is 21.7 Å². The van der Waals surface area contributed by atoms with Crippen molar-refractivity contribution in [2.75, 3.05) is 6.54 Å². The Morgan fingerprint density at radius 1 is 1.14 bits per heavy atom. The molecular formula is C16H16N4O. The SMILES string of the molecule is c1ccc2c(-c3noc([C@H]4CCCCN4)n3)nccc2c1. The molecule has 21 heavy (non-hydrogen) atoms. The Labute approximate surface area is 122 Å². The van der Waals surface area contributed by atoms with Crippen molar-refractivity contribution < 1.29 is 4.52 Å². The molecule has 0 spiro atoms. The van der Waals surface area contributed by atoms with Gasteiger partial charge in [0.15, 0.2) is 0 Å². The van der Waals surface area contributed by atoms with Gasteiger partial charge < -0.3 is 9.84 Å². The minimum absolute atomic E-state index is 0.176. The maximum Gasteiger partial charge on any atom is 0.244 e. The summed E-state index contributed by atoms with van der Waals surface area (Å²) in [7, 11) is 0. The fraction of sp³-hybridized carbons (Fsp3) is 0.312. The number of piperidine rings is 1. The van der Waals surface area contributed by atoms with Crippen molar-refractivity contribution in [1.82, 2.24) is 20.4 Å². The lowest BCUT2D eigenvalue weighted by atomic mass is 10.1. The van der Waals surface area contributed by atoms with Crippen LogP contribution < -0.4 is 5.32 Å². The van der Waals surface area contributed by atoms with Gasteiger partial charge in [0.05, 0.1) is 6.04 Å². The first-order valence-electron chi connectivity index (χ1n) is 7.33. The molecule has 0 aliphatic carbocycles. The van der Waals surface area contributed by atoms with Crippen LogP contribution in [0.4, 0.5) is 0 Å². The van der Waals surface area contributed by atoms with Gasteiger partial charge in [0.1, 0.15) is 5.69 Å². The third kappa shape index (κ3) is 2.29. The number of pyridine rings is 1. The summed E-state index contributed by atoms with van der Waals surface area (Å²) in [4.78, 5) is 8.98. The van der Waals surface area contributed by atoms with Gasteiger partial charge >= 0.3 is 0 Å². The van der Waals surface area contributed by atoms with E-state index in [1.54, 1.807) is 6.20 Å². The third-order valence-corrected chi connectivity index (χ3v) is 3.94. The number of hydrogen-bond acceptors (Lipinski definition) is 5. The van der Waals surface area contributed by atoms with Gasteiger partial charge in [0.2, 0.25) is 11.7 Å². The van der Waals surface area contributed by atoms with Crippen LogP contribution in [0.15, 0.2) is 41.1 Å². The van der Waals surface area contributed by atoms with Crippen LogP contribution in [0.3, 0.4) is 0 Å². The van der Waals surface area contributed by atoms with Crippen molar-refractivity contribution in [2.24, 2.45) is 0 Å². The lowest BCUT2D eigenvalue weighted by Gasteiger charge is -2.19. The summed E-state index contributed by atoms with van der Waals surface area (Å²) in [5, 5.41) is 9.72. The van der Waals surface area contributed by atoms with E-state index in [0.717, 1.165) is 29.4 Å². The molecule has 1 aromatic carbocycles. The predicted molar refractivity (Wildman–Crippen MR) is 79.6 cm³/mol. The van der Waals surface area contributed by atoms with Crippen molar-refractivity contribution >= 4 is 10.8 Å². The van der Waals surface area contributed by atoms with E-state index < -0.39 is 0 Å². The lowest BCUT2D eigenvalue weighted by molar-refractivity contribution is 0.297. The first kappa shape index (κ1) is 12.5. The molecule has 1 N–H and O–H groups in total. The fourth-order valence-electron chi connectivity index (χ4n) is 2.83. The van der Waals surface area contributed by atoms with Gasteiger partial charge in [-0.25, -0.2) is 0 Å². The minimum atomic E-state index is 0.176. The second kappa shape index (κ2) is 5.26. The average Bonchev–Trinajstić information content (AvgIpc) is 3.05. The highest BCUT2D eigenvalue weighted by atomic mass is 16.5. The molecule has 3 aromatic rings. The summed E-state index contributed by atoms with van der Waals surface area (Å²) in [6.45, 7) is 1.01. The largest absolute Gasteiger partial charge is 0.337 e. The molecule has 1 saturated heterocycles. The summed E-state index contributed by atoms with van der Waals surface area (Å²) in [6.07, 6.45) is 5.24. The molecule has 1 aliphatic heterocycles. The summed E-state index contributed by atoms with van der Waals surface area (Å²) >= 11 is 0. The summed E-state index contributed by atoms with van der Waals surface area (Å²) in [5.74, 6) is 1.23. The van der Waals surface area contributed by atoms with E-state index >= 15 is 0 Å². The Hall–Kier alpha value is -2.27. The normalized spacial score (nSPS) is 19.0. The molecule has 2 aromatic heterocycles. The number of nitrogens with one attached hydrogen (secondary N) is 1. The third-order valence-electron chi connectivity index (χ3n) is 3.94. The van der Waals surface area contributed by atoms with E-state index in [4.69, 9.17) is 4.52 Å². The Morgan fingerprint density at radius 3 is 3.00 bits per heavy atom. The first-order chi connectivity index (χ1) is 10.4. The highest BCUT2D eigenvalue weighted by molar-refractivity contribution is 5.92. The monoisotopic (exact) mass is 280 g/mol. The van der Waals surface area contributed by atoms with Crippen LogP contribution in [0.1, 0.15) is 31.2 Å². The van der Waals surface area contributed by atoms with E-state index in [1.807, 2.05) is 24.3 Å². The molecule has 4 rings (SSSR count). The number of rotatable bonds is 2. The molecule has 5 heteroatoms. The molecule has 106 valence electrons. The zero-order valence-corrected chi connectivity index (χ0v) is 11.6. The Balaban J connectivity index is 1.74. The Kier molecular flexibility index (Phi) is 3.12. The molecule has 1 atom stereocenters. The van der Waals surface area contributed by atoms with Crippen LogP contribution in [0, 0.1) is 0 Å². The van der Waals surface area contributed by atoms with E-state index in [2.05, 4.69) is 26.5 Å². The van der Waals surface area contributed by atoms with Gasteiger partial charge in [-0.15, -0.1) is 0 Å². The van der Waals surface area contributed by atoms with E-state index in [9.17, 15) is 0 Å². The zero-order valence-electron chi connectivity index (χ0n) is 11.6. The fourth-order valence-corrected chi connectivity index (χ4v) is 2.83. The van der Waals surface area contributed by atoms with Crippen LogP contribution in [0.5, 0.6) is 0 Å². The smallest absolute Gasteiger partial charge is 0.244 e. The van der Waals surface area contributed by atoms with Crippen molar-refractivity contribution in [3.05, 3.63) is 42.4 Å². The number of fused-ring (bicyclic) bond motifs is 1. The van der Waals surface area contributed by atoms with Crippen LogP contribution in [-0.2, 0) is 0 Å². The number of hydrogen-bond donors (Lipinski definition) is 1. The van der Waals surface area contributed by atoms with Crippen LogP contribution in [0.2, 0.25) is 0 Å². The maximum absolute atomic E-state index is 5.44. The quantitative estimate of drug-likeness (QED) is 0.781. The molecule has 0 unspecified atom stereocenters. The average molecular weight is 280 g/mol. The number of benzene rings is 1. The molecule has 0 amide bonds. The van der Waals surface area contributed by atoms with Crippen LogP contribution >= 0.6 is 0 Å². The zero-order chi connectivity index (χ0) is 14.1. The van der Waals surface area contributed by atoms with Gasteiger partial charge in [0, 0.05) is 11.6 Å².